The number of rotatable bonds is 7. The smallest absolute Gasteiger partial charge is 0.234 e. The molecule has 1 saturated heterocycles. The van der Waals surface area contributed by atoms with E-state index in [1.807, 2.05) is 11.8 Å². The molecule has 1 N–H and O–H groups in total. The summed E-state index contributed by atoms with van der Waals surface area (Å²) in [5, 5.41) is 2.96. The molecule has 1 amide bonds. The minimum atomic E-state index is -3.10. The van der Waals surface area contributed by atoms with Crippen molar-refractivity contribution in [2.75, 3.05) is 38.5 Å². The van der Waals surface area contributed by atoms with Gasteiger partial charge in [0.15, 0.2) is 0 Å². The third-order valence-electron chi connectivity index (χ3n) is 3.79. The summed E-state index contributed by atoms with van der Waals surface area (Å²) in [4.78, 5) is 13.7. The number of nitrogens with one attached hydrogen (secondary N) is 1. The van der Waals surface area contributed by atoms with Crippen molar-refractivity contribution in [3.8, 4) is 0 Å². The van der Waals surface area contributed by atoms with E-state index in [4.69, 9.17) is 0 Å². The Kier molecular flexibility index (Phi) is 5.40. The molecule has 1 aliphatic heterocycles. The Morgan fingerprint density at radius 3 is 2.40 bits per heavy atom. The van der Waals surface area contributed by atoms with Crippen LogP contribution < -0.4 is 5.32 Å². The summed E-state index contributed by atoms with van der Waals surface area (Å²) >= 11 is 0. The molecular formula is C13H25N3O3S. The SMILES string of the molecule is CCCCS(=O)(=O)N1CCN(CC(=O)NC2CC2)CC1. The van der Waals surface area contributed by atoms with Crippen molar-refractivity contribution in [3.63, 3.8) is 0 Å². The molecule has 0 spiro atoms. The Morgan fingerprint density at radius 1 is 1.20 bits per heavy atom. The molecule has 2 aliphatic rings. The van der Waals surface area contributed by atoms with Gasteiger partial charge in [-0.15, -0.1) is 0 Å². The zero-order valence-corrected chi connectivity index (χ0v) is 13.0. The third kappa shape index (κ3) is 4.71. The Labute approximate surface area is 121 Å². The van der Waals surface area contributed by atoms with Gasteiger partial charge in [-0.25, -0.2) is 8.42 Å². The lowest BCUT2D eigenvalue weighted by Gasteiger charge is -2.33. The highest BCUT2D eigenvalue weighted by molar-refractivity contribution is 7.89. The van der Waals surface area contributed by atoms with Crippen molar-refractivity contribution < 1.29 is 13.2 Å². The molecule has 116 valence electrons. The predicted molar refractivity (Wildman–Crippen MR) is 77.9 cm³/mol. The number of sulfonamides is 1. The first-order valence-electron chi connectivity index (χ1n) is 7.51. The molecule has 20 heavy (non-hydrogen) atoms. The number of unbranched alkanes of at least 4 members (excludes halogenated alkanes) is 1. The lowest BCUT2D eigenvalue weighted by Crippen LogP contribution is -2.51. The van der Waals surface area contributed by atoms with Crippen LogP contribution in [0.1, 0.15) is 32.6 Å². The zero-order valence-electron chi connectivity index (χ0n) is 12.2. The molecule has 0 atom stereocenters. The normalized spacial score (nSPS) is 21.9. The summed E-state index contributed by atoms with van der Waals surface area (Å²) < 4.78 is 25.7. The molecule has 2 rings (SSSR count). The number of carbonyl (C=O) groups is 1. The van der Waals surface area contributed by atoms with E-state index in [0.717, 1.165) is 19.3 Å². The van der Waals surface area contributed by atoms with Gasteiger partial charge in [0.2, 0.25) is 15.9 Å². The van der Waals surface area contributed by atoms with Gasteiger partial charge in [-0.1, -0.05) is 13.3 Å². The standard InChI is InChI=1S/C13H25N3O3S/c1-2-3-10-20(18,19)16-8-6-15(7-9-16)11-13(17)14-12-4-5-12/h12H,2-11H2,1H3,(H,14,17). The highest BCUT2D eigenvalue weighted by Gasteiger charge is 2.28. The van der Waals surface area contributed by atoms with E-state index in [-0.39, 0.29) is 11.7 Å². The van der Waals surface area contributed by atoms with Crippen LogP contribution in [0.4, 0.5) is 0 Å². The molecule has 0 bridgehead atoms. The molecular weight excluding hydrogens is 278 g/mol. The third-order valence-corrected chi connectivity index (χ3v) is 5.75. The summed E-state index contributed by atoms with van der Waals surface area (Å²) in [7, 11) is -3.10. The van der Waals surface area contributed by atoms with E-state index in [0.29, 0.717) is 45.2 Å². The van der Waals surface area contributed by atoms with Gasteiger partial charge in [0.25, 0.3) is 0 Å². The first-order chi connectivity index (χ1) is 9.51. The van der Waals surface area contributed by atoms with Gasteiger partial charge < -0.3 is 5.32 Å². The Bertz CT molecular complexity index is 426. The van der Waals surface area contributed by atoms with Crippen LogP contribution in [0.3, 0.4) is 0 Å². The predicted octanol–water partition coefficient (Wildman–Crippen LogP) is 0.0125. The van der Waals surface area contributed by atoms with E-state index in [1.54, 1.807) is 4.31 Å². The average Bonchev–Trinajstić information content (AvgIpc) is 3.21. The van der Waals surface area contributed by atoms with E-state index >= 15 is 0 Å². The number of piperazine rings is 1. The Balaban J connectivity index is 1.72. The van der Waals surface area contributed by atoms with Crippen LogP contribution in [0.25, 0.3) is 0 Å². The first-order valence-corrected chi connectivity index (χ1v) is 9.11. The van der Waals surface area contributed by atoms with Gasteiger partial charge in [0.1, 0.15) is 0 Å². The largest absolute Gasteiger partial charge is 0.352 e. The maximum absolute atomic E-state index is 12.1. The fourth-order valence-corrected chi connectivity index (χ4v) is 3.96. The quantitative estimate of drug-likeness (QED) is 0.719. The van der Waals surface area contributed by atoms with Crippen LogP contribution in [0.5, 0.6) is 0 Å². The summed E-state index contributed by atoms with van der Waals surface area (Å²) in [5.74, 6) is 0.306. The molecule has 0 aromatic heterocycles. The summed E-state index contributed by atoms with van der Waals surface area (Å²) in [6.07, 6.45) is 3.79. The van der Waals surface area contributed by atoms with E-state index in [9.17, 15) is 13.2 Å². The molecule has 7 heteroatoms. The highest BCUT2D eigenvalue weighted by Crippen LogP contribution is 2.18. The summed E-state index contributed by atoms with van der Waals surface area (Å²) in [6.45, 7) is 4.67. The van der Waals surface area contributed by atoms with Crippen molar-refractivity contribution in [2.45, 2.75) is 38.6 Å². The minimum absolute atomic E-state index is 0.0646. The van der Waals surface area contributed by atoms with Gasteiger partial charge in [-0.2, -0.15) is 4.31 Å². The number of amides is 1. The molecule has 0 aromatic rings. The molecule has 6 nitrogen and oxygen atoms in total. The number of nitrogens with zero attached hydrogens (tertiary/aromatic N) is 2. The molecule has 1 saturated carbocycles. The lowest BCUT2D eigenvalue weighted by molar-refractivity contribution is -0.122. The lowest BCUT2D eigenvalue weighted by atomic mass is 10.3. The van der Waals surface area contributed by atoms with Gasteiger partial charge >= 0.3 is 0 Å². The number of hydrogen-bond donors (Lipinski definition) is 1. The van der Waals surface area contributed by atoms with Gasteiger partial charge in [-0.3, -0.25) is 9.69 Å². The number of hydrogen-bond acceptors (Lipinski definition) is 4. The van der Waals surface area contributed by atoms with Crippen LogP contribution in [0, 0.1) is 0 Å². The molecule has 1 heterocycles. The van der Waals surface area contributed by atoms with Crippen molar-refractivity contribution in [1.29, 1.82) is 0 Å². The van der Waals surface area contributed by atoms with Crippen molar-refractivity contribution in [1.82, 2.24) is 14.5 Å². The molecule has 0 radical (unpaired) electrons. The maximum atomic E-state index is 12.1. The molecule has 0 unspecified atom stereocenters. The monoisotopic (exact) mass is 303 g/mol. The van der Waals surface area contributed by atoms with Gasteiger partial charge in [0.05, 0.1) is 12.3 Å². The summed E-state index contributed by atoms with van der Waals surface area (Å²) in [5.41, 5.74) is 0. The van der Waals surface area contributed by atoms with Crippen LogP contribution in [0.2, 0.25) is 0 Å². The average molecular weight is 303 g/mol. The van der Waals surface area contributed by atoms with Gasteiger partial charge in [0, 0.05) is 32.2 Å². The van der Waals surface area contributed by atoms with Crippen molar-refractivity contribution >= 4 is 15.9 Å². The Morgan fingerprint density at radius 2 is 1.85 bits per heavy atom. The minimum Gasteiger partial charge on any atom is -0.352 e. The highest BCUT2D eigenvalue weighted by atomic mass is 32.2. The fraction of sp³-hybridized carbons (Fsp3) is 0.923. The Hall–Kier alpha value is -0.660. The number of carbonyl (C=O) groups excluding carboxylic acids is 1. The van der Waals surface area contributed by atoms with Crippen LogP contribution >= 0.6 is 0 Å². The van der Waals surface area contributed by atoms with E-state index in [1.165, 1.54) is 0 Å². The fourth-order valence-electron chi connectivity index (χ4n) is 2.33. The second kappa shape index (κ2) is 6.87. The summed E-state index contributed by atoms with van der Waals surface area (Å²) in [6, 6.07) is 0.387. The molecule has 0 aromatic carbocycles. The first kappa shape index (κ1) is 15.7. The van der Waals surface area contributed by atoms with Crippen LogP contribution in [-0.4, -0.2) is 68.0 Å². The van der Waals surface area contributed by atoms with Crippen molar-refractivity contribution in [3.05, 3.63) is 0 Å². The molecule has 2 fully saturated rings. The van der Waals surface area contributed by atoms with E-state index in [2.05, 4.69) is 5.32 Å². The second-order valence-corrected chi connectivity index (χ2v) is 7.78. The van der Waals surface area contributed by atoms with Crippen molar-refractivity contribution in [2.24, 2.45) is 0 Å². The molecule has 1 aliphatic carbocycles. The van der Waals surface area contributed by atoms with Crippen LogP contribution in [0.15, 0.2) is 0 Å². The van der Waals surface area contributed by atoms with E-state index < -0.39 is 10.0 Å². The van der Waals surface area contributed by atoms with Crippen LogP contribution in [-0.2, 0) is 14.8 Å². The zero-order chi connectivity index (χ0) is 14.6. The maximum Gasteiger partial charge on any atom is 0.234 e. The second-order valence-electron chi connectivity index (χ2n) is 5.69. The topological polar surface area (TPSA) is 69.7 Å². The van der Waals surface area contributed by atoms with Gasteiger partial charge in [-0.05, 0) is 19.3 Å².